The number of hydrogen-bond acceptors (Lipinski definition) is 1. The van der Waals surface area contributed by atoms with Crippen molar-refractivity contribution in [1.29, 1.82) is 0 Å². The van der Waals surface area contributed by atoms with Gasteiger partial charge in [-0.1, -0.05) is 0 Å². The molecule has 1 nitrogen and oxygen atoms in total. The van der Waals surface area contributed by atoms with E-state index in [2.05, 4.69) is 50.7 Å². The van der Waals surface area contributed by atoms with Gasteiger partial charge >= 0.3 is 172 Å². The summed E-state index contributed by atoms with van der Waals surface area (Å²) in [4.78, 5) is 0. The van der Waals surface area contributed by atoms with Crippen LogP contribution in [0.25, 0.3) is 0 Å². The summed E-state index contributed by atoms with van der Waals surface area (Å²) in [5.74, 6) is 0. The van der Waals surface area contributed by atoms with Gasteiger partial charge in [0.1, 0.15) is 0 Å². The second kappa shape index (κ2) is 14.1. The third-order valence-corrected chi connectivity index (χ3v) is 20.4. The molecule has 0 aromatic carbocycles. The maximum Gasteiger partial charge on any atom is -1.00 e. The monoisotopic (exact) mass is 480 g/mol. The van der Waals surface area contributed by atoms with Crippen LogP contribution in [0, 0.1) is 0 Å². The van der Waals surface area contributed by atoms with E-state index in [9.17, 15) is 0 Å². The van der Waals surface area contributed by atoms with Crippen LogP contribution >= 0.6 is 0 Å². The molecule has 1 unspecified atom stereocenters. The second-order valence-corrected chi connectivity index (χ2v) is 22.9. The molecular weight excluding hydrogens is 437 g/mol. The third kappa shape index (κ3) is 7.89. The van der Waals surface area contributed by atoms with Crippen molar-refractivity contribution in [3.05, 3.63) is 22.8 Å². The van der Waals surface area contributed by atoms with E-state index in [1.54, 1.807) is 16.7 Å². The molecule has 0 spiro atoms. The summed E-state index contributed by atoms with van der Waals surface area (Å²) in [7, 11) is 0. The Balaban J connectivity index is 0.00000364. The van der Waals surface area contributed by atoms with Gasteiger partial charge < -0.3 is 24.8 Å². The van der Waals surface area contributed by atoms with Gasteiger partial charge in [0, 0.05) is 0 Å². The van der Waals surface area contributed by atoms with Gasteiger partial charge in [0.05, 0.1) is 0 Å². The van der Waals surface area contributed by atoms with Crippen molar-refractivity contribution in [2.75, 3.05) is 0 Å². The SMILES string of the molecule is CC1=C[C](C)([Ti+2]([NH]C2CCCCCCCCCCC2)[SiH](C)C)C(C)=C1C.[Cl-].[Cl-]. The number of hydrogen-bond donors (Lipinski definition) is 1. The van der Waals surface area contributed by atoms with Gasteiger partial charge in [-0.2, -0.15) is 0 Å². The molecule has 2 aliphatic carbocycles. The molecular formula is C23H44Cl2NSiTi. The summed E-state index contributed by atoms with van der Waals surface area (Å²) < 4.78 is 4.81. The molecule has 1 N–H and O–H groups in total. The third-order valence-electron chi connectivity index (χ3n) is 7.04. The molecule has 0 saturated heterocycles. The molecule has 0 radical (unpaired) electrons. The summed E-state index contributed by atoms with van der Waals surface area (Å²) >= 11 is -1.35. The Hall–Kier alpha value is 0.951. The molecule has 2 rings (SSSR count). The summed E-state index contributed by atoms with van der Waals surface area (Å²) in [5.41, 5.74) is 4.81. The second-order valence-electron chi connectivity index (χ2n) is 9.45. The van der Waals surface area contributed by atoms with Gasteiger partial charge in [-0.25, -0.2) is 0 Å². The van der Waals surface area contributed by atoms with E-state index in [1.165, 1.54) is 70.6 Å². The quantitative estimate of drug-likeness (QED) is 0.597. The average Bonchev–Trinajstić information content (AvgIpc) is 2.77. The Bertz CT molecular complexity index is 509. The molecule has 1 fully saturated rings. The smallest absolute Gasteiger partial charge is 1.00 e. The Morgan fingerprint density at radius 1 is 0.857 bits per heavy atom. The van der Waals surface area contributed by atoms with Crippen molar-refractivity contribution in [2.45, 2.75) is 121 Å². The number of halogens is 2. The molecule has 0 aromatic heterocycles. The van der Waals surface area contributed by atoms with E-state index in [1.807, 2.05) is 0 Å². The molecule has 1 saturated carbocycles. The first-order valence-electron chi connectivity index (χ1n) is 11.4. The van der Waals surface area contributed by atoms with E-state index in [4.69, 9.17) is 0 Å². The van der Waals surface area contributed by atoms with Gasteiger partial charge in [0.25, 0.3) is 0 Å². The van der Waals surface area contributed by atoms with Crippen molar-refractivity contribution in [2.24, 2.45) is 0 Å². The van der Waals surface area contributed by atoms with Crippen LogP contribution in [0.5, 0.6) is 0 Å². The minimum absolute atomic E-state index is 0. The van der Waals surface area contributed by atoms with Crippen molar-refractivity contribution >= 4 is 6.66 Å². The first kappa shape index (κ1) is 29.0. The zero-order valence-corrected chi connectivity index (χ0v) is 23.5. The first-order valence-corrected chi connectivity index (χ1v) is 18.5. The van der Waals surface area contributed by atoms with Gasteiger partial charge in [0.2, 0.25) is 0 Å². The molecule has 5 heteroatoms. The van der Waals surface area contributed by atoms with Crippen molar-refractivity contribution < 1.29 is 42.2 Å². The van der Waals surface area contributed by atoms with Crippen LogP contribution in [0.4, 0.5) is 0 Å². The largest absolute Gasteiger partial charge is 1.00 e. The first-order chi connectivity index (χ1) is 12.4. The van der Waals surface area contributed by atoms with E-state index >= 15 is 0 Å². The topological polar surface area (TPSA) is 12.0 Å². The molecule has 2 aliphatic rings. The van der Waals surface area contributed by atoms with Crippen LogP contribution in [0.2, 0.25) is 16.8 Å². The fourth-order valence-corrected chi connectivity index (χ4v) is 19.1. The summed E-state index contributed by atoms with van der Waals surface area (Å²) in [6, 6.07) is 0.804. The molecule has 0 heterocycles. The summed E-state index contributed by atoms with van der Waals surface area (Å²) in [5, 5.41) is 0. The van der Waals surface area contributed by atoms with Gasteiger partial charge in [-0.3, -0.25) is 0 Å². The van der Waals surface area contributed by atoms with Crippen LogP contribution in [0.1, 0.15) is 98.3 Å². The zero-order chi connectivity index (χ0) is 19.2. The van der Waals surface area contributed by atoms with Crippen LogP contribution in [0.15, 0.2) is 22.8 Å². The minimum atomic E-state index is -1.35. The minimum Gasteiger partial charge on any atom is -1.00 e. The normalized spacial score (nSPS) is 25.3. The molecule has 1 atom stereocenters. The Labute approximate surface area is 195 Å². The van der Waals surface area contributed by atoms with Crippen LogP contribution in [-0.2, 0) is 17.4 Å². The standard InChI is InChI=1S/C12H24N.C9H13.C2H7Si.2ClH.Ti/c13-12-10-8-6-4-2-1-3-5-7-9-11-12;1-6-5-7(2)9(4)8(6)3;1-3-2;;;/h12-13H,1-11H2;5H,1-4H3;3H,1-2H3;2*1H;/q-1;;;;;+3/p-2. The maximum atomic E-state index is 4.41. The van der Waals surface area contributed by atoms with Crippen LogP contribution in [-0.4, -0.2) is 12.7 Å². The molecule has 28 heavy (non-hydrogen) atoms. The van der Waals surface area contributed by atoms with Crippen LogP contribution < -0.4 is 28.6 Å². The summed E-state index contributed by atoms with van der Waals surface area (Å²) in [6.45, 7) is 14.3. The molecule has 163 valence electrons. The van der Waals surface area contributed by atoms with Crippen molar-refractivity contribution in [3.8, 4) is 0 Å². The molecule has 0 aromatic rings. The van der Waals surface area contributed by atoms with Gasteiger partial charge in [0.15, 0.2) is 0 Å². The molecule has 0 bridgehead atoms. The Morgan fingerprint density at radius 3 is 1.64 bits per heavy atom. The number of allylic oxidation sites excluding steroid dienone is 4. The predicted octanol–water partition coefficient (Wildman–Crippen LogP) is 1.25. The fraction of sp³-hybridized carbons (Fsp3) is 0.826. The van der Waals surface area contributed by atoms with E-state index < -0.39 is 24.0 Å². The van der Waals surface area contributed by atoms with Crippen LogP contribution in [0.3, 0.4) is 0 Å². The van der Waals surface area contributed by atoms with Gasteiger partial charge in [-0.15, -0.1) is 0 Å². The van der Waals surface area contributed by atoms with E-state index in [0.29, 0.717) is 3.72 Å². The maximum absolute atomic E-state index is 4.41. The van der Waals surface area contributed by atoms with E-state index in [0.717, 1.165) is 6.04 Å². The molecule has 0 amide bonds. The number of nitrogens with one attached hydrogen (secondary N) is 1. The van der Waals surface area contributed by atoms with Crippen molar-refractivity contribution in [1.82, 2.24) is 3.80 Å². The Kier molecular flexibility index (Phi) is 14.6. The number of rotatable bonds is 4. The average molecular weight is 481 g/mol. The predicted molar refractivity (Wildman–Crippen MR) is 117 cm³/mol. The fourth-order valence-electron chi connectivity index (χ4n) is 5.06. The van der Waals surface area contributed by atoms with E-state index in [-0.39, 0.29) is 24.8 Å². The summed E-state index contributed by atoms with van der Waals surface area (Å²) in [6.07, 6.45) is 18.7. The van der Waals surface area contributed by atoms with Crippen molar-refractivity contribution in [3.63, 3.8) is 0 Å². The Morgan fingerprint density at radius 2 is 1.29 bits per heavy atom. The zero-order valence-electron chi connectivity index (χ0n) is 19.3. The molecule has 0 aliphatic heterocycles. The van der Waals surface area contributed by atoms with Gasteiger partial charge in [-0.05, 0) is 0 Å².